The fraction of sp³-hybridized carbons (Fsp3) is 0.920. The number of esters is 1. The molecule has 0 aliphatic heterocycles. The standard InChI is InChI=1S/C25H40O4/c1-15(5-8-23(28)29-4)18-6-7-19-17-14-22(27)21-13-16(26)9-11-25(21,3)20(17)10-12-24(18,19)2/h15,17-22,27H,5-14H2,1-4H3. The molecular formula is C25H40O4. The van der Waals surface area contributed by atoms with Crippen molar-refractivity contribution in [1.82, 2.24) is 0 Å². The monoisotopic (exact) mass is 404 g/mol. The van der Waals surface area contributed by atoms with Gasteiger partial charge in [-0.05, 0) is 91.3 Å². The number of methoxy groups -OCH3 is 1. The highest BCUT2D eigenvalue weighted by Gasteiger charge is 2.62. The van der Waals surface area contributed by atoms with Crippen LogP contribution in [0.5, 0.6) is 0 Å². The molecule has 4 fully saturated rings. The summed E-state index contributed by atoms with van der Waals surface area (Å²) in [6.07, 6.45) is 9.30. The molecule has 4 heteroatoms. The summed E-state index contributed by atoms with van der Waals surface area (Å²) in [7, 11) is 1.47. The summed E-state index contributed by atoms with van der Waals surface area (Å²) < 4.78 is 4.86. The predicted octanol–water partition coefficient (Wildman–Crippen LogP) is 4.77. The van der Waals surface area contributed by atoms with Gasteiger partial charge in [0.2, 0.25) is 0 Å². The number of carbonyl (C=O) groups excluding carboxylic acids is 2. The number of aliphatic hydroxyl groups excluding tert-OH is 1. The van der Waals surface area contributed by atoms with Crippen LogP contribution in [0.1, 0.15) is 85.0 Å². The Morgan fingerprint density at radius 3 is 2.59 bits per heavy atom. The van der Waals surface area contributed by atoms with Gasteiger partial charge in [-0.3, -0.25) is 9.59 Å². The van der Waals surface area contributed by atoms with Crippen molar-refractivity contribution in [2.24, 2.45) is 46.3 Å². The minimum Gasteiger partial charge on any atom is -0.469 e. The van der Waals surface area contributed by atoms with E-state index < -0.39 is 0 Å². The van der Waals surface area contributed by atoms with Gasteiger partial charge in [0.15, 0.2) is 0 Å². The highest BCUT2D eigenvalue weighted by Crippen LogP contribution is 2.68. The van der Waals surface area contributed by atoms with Crippen LogP contribution in [0, 0.1) is 46.3 Å². The first-order valence-corrected chi connectivity index (χ1v) is 12.0. The van der Waals surface area contributed by atoms with Crippen molar-refractivity contribution in [2.75, 3.05) is 7.11 Å². The van der Waals surface area contributed by atoms with Crippen molar-refractivity contribution in [1.29, 1.82) is 0 Å². The summed E-state index contributed by atoms with van der Waals surface area (Å²) in [6, 6.07) is 0. The van der Waals surface area contributed by atoms with Gasteiger partial charge in [0.1, 0.15) is 5.78 Å². The zero-order valence-corrected chi connectivity index (χ0v) is 18.8. The Morgan fingerprint density at radius 2 is 1.86 bits per heavy atom. The molecule has 0 aromatic heterocycles. The van der Waals surface area contributed by atoms with E-state index in [1.165, 1.54) is 32.8 Å². The zero-order chi connectivity index (χ0) is 21.0. The van der Waals surface area contributed by atoms with Crippen molar-refractivity contribution >= 4 is 11.8 Å². The van der Waals surface area contributed by atoms with Crippen LogP contribution >= 0.6 is 0 Å². The summed E-state index contributed by atoms with van der Waals surface area (Å²) in [4.78, 5) is 23.7. The number of ketones is 1. The van der Waals surface area contributed by atoms with Gasteiger partial charge in [-0.15, -0.1) is 0 Å². The van der Waals surface area contributed by atoms with E-state index in [0.29, 0.717) is 60.1 Å². The van der Waals surface area contributed by atoms with E-state index in [1.54, 1.807) is 0 Å². The summed E-state index contributed by atoms with van der Waals surface area (Å²) in [5, 5.41) is 11.1. The fourth-order valence-electron chi connectivity index (χ4n) is 8.71. The summed E-state index contributed by atoms with van der Waals surface area (Å²) in [6.45, 7) is 7.22. The van der Waals surface area contributed by atoms with Gasteiger partial charge >= 0.3 is 5.97 Å². The number of fused-ring (bicyclic) bond motifs is 5. The second-order valence-corrected chi connectivity index (χ2v) is 11.4. The normalized spacial score (nSPS) is 47.7. The van der Waals surface area contributed by atoms with E-state index >= 15 is 0 Å². The molecule has 4 aliphatic carbocycles. The Morgan fingerprint density at radius 1 is 1.14 bits per heavy atom. The molecule has 0 radical (unpaired) electrons. The minimum absolute atomic E-state index is 0.0959. The Kier molecular flexibility index (Phi) is 5.63. The lowest BCUT2D eigenvalue weighted by atomic mass is 9.44. The van der Waals surface area contributed by atoms with Crippen LogP contribution < -0.4 is 0 Å². The van der Waals surface area contributed by atoms with Crippen molar-refractivity contribution in [3.8, 4) is 0 Å². The van der Waals surface area contributed by atoms with Crippen molar-refractivity contribution < 1.29 is 19.4 Å². The highest BCUT2D eigenvalue weighted by atomic mass is 16.5. The molecule has 4 saturated carbocycles. The Labute approximate surface area is 176 Å². The maximum Gasteiger partial charge on any atom is 0.305 e. The number of hydrogen-bond donors (Lipinski definition) is 1. The maximum atomic E-state index is 12.1. The molecule has 0 saturated heterocycles. The van der Waals surface area contributed by atoms with Crippen molar-refractivity contribution in [2.45, 2.75) is 91.1 Å². The largest absolute Gasteiger partial charge is 0.469 e. The Balaban J connectivity index is 1.52. The third kappa shape index (κ3) is 3.38. The SMILES string of the molecule is COC(=O)CCC(C)C1CCC2C3CC(O)C4CC(=O)CCC4(C)C3CCC12C. The van der Waals surface area contributed by atoms with E-state index in [0.717, 1.165) is 19.3 Å². The second-order valence-electron chi connectivity index (χ2n) is 11.4. The number of Topliss-reactive ketones (excluding diaryl/α,β-unsaturated/α-hetero) is 1. The molecule has 4 rings (SSSR count). The third-order valence-electron chi connectivity index (χ3n) is 10.3. The van der Waals surface area contributed by atoms with Crippen LogP contribution in [0.25, 0.3) is 0 Å². The molecule has 164 valence electrons. The summed E-state index contributed by atoms with van der Waals surface area (Å²) in [5.41, 5.74) is 0.455. The average Bonchev–Trinajstić information content (AvgIpc) is 3.05. The van der Waals surface area contributed by atoms with Gasteiger partial charge in [-0.1, -0.05) is 20.8 Å². The molecule has 0 bridgehead atoms. The van der Waals surface area contributed by atoms with Crippen molar-refractivity contribution in [3.63, 3.8) is 0 Å². The summed E-state index contributed by atoms with van der Waals surface area (Å²) >= 11 is 0. The molecule has 1 N–H and O–H groups in total. The van der Waals surface area contributed by atoms with Crippen LogP contribution in [-0.4, -0.2) is 30.1 Å². The van der Waals surface area contributed by atoms with Crippen LogP contribution in [0.4, 0.5) is 0 Å². The quantitative estimate of drug-likeness (QED) is 0.685. The molecule has 9 atom stereocenters. The minimum atomic E-state index is -0.316. The molecule has 0 spiro atoms. The second kappa shape index (κ2) is 7.66. The Hall–Kier alpha value is -0.900. The topological polar surface area (TPSA) is 63.6 Å². The first-order chi connectivity index (χ1) is 13.7. The molecule has 4 nitrogen and oxygen atoms in total. The number of ether oxygens (including phenoxy) is 1. The Bertz CT molecular complexity index is 659. The lowest BCUT2D eigenvalue weighted by molar-refractivity contribution is -0.166. The summed E-state index contributed by atoms with van der Waals surface area (Å²) in [5.74, 6) is 3.55. The smallest absolute Gasteiger partial charge is 0.305 e. The van der Waals surface area contributed by atoms with Gasteiger partial charge < -0.3 is 9.84 Å². The molecular weight excluding hydrogens is 364 g/mol. The van der Waals surface area contributed by atoms with E-state index in [-0.39, 0.29) is 23.4 Å². The molecule has 0 amide bonds. The molecule has 9 unspecified atom stereocenters. The van der Waals surface area contributed by atoms with Crippen molar-refractivity contribution in [3.05, 3.63) is 0 Å². The lowest BCUT2D eigenvalue weighted by Crippen LogP contribution is -2.58. The van der Waals surface area contributed by atoms with Crippen LogP contribution in [0.15, 0.2) is 0 Å². The first kappa shape index (κ1) is 21.3. The maximum absolute atomic E-state index is 12.1. The van der Waals surface area contributed by atoms with Gasteiger partial charge in [0.25, 0.3) is 0 Å². The molecule has 0 heterocycles. The van der Waals surface area contributed by atoms with Crippen LogP contribution in [0.2, 0.25) is 0 Å². The van der Waals surface area contributed by atoms with E-state index in [1.807, 2.05) is 0 Å². The number of rotatable bonds is 4. The van der Waals surface area contributed by atoms with Crippen LogP contribution in [0.3, 0.4) is 0 Å². The van der Waals surface area contributed by atoms with Gasteiger partial charge in [0, 0.05) is 19.3 Å². The first-order valence-electron chi connectivity index (χ1n) is 12.0. The predicted molar refractivity (Wildman–Crippen MR) is 112 cm³/mol. The van der Waals surface area contributed by atoms with Gasteiger partial charge in [-0.2, -0.15) is 0 Å². The zero-order valence-electron chi connectivity index (χ0n) is 18.8. The average molecular weight is 405 g/mol. The number of carbonyl (C=O) groups is 2. The molecule has 29 heavy (non-hydrogen) atoms. The highest BCUT2D eigenvalue weighted by molar-refractivity contribution is 5.79. The van der Waals surface area contributed by atoms with E-state index in [2.05, 4.69) is 20.8 Å². The molecule has 4 aliphatic rings. The van der Waals surface area contributed by atoms with Gasteiger partial charge in [-0.25, -0.2) is 0 Å². The van der Waals surface area contributed by atoms with E-state index in [4.69, 9.17) is 4.74 Å². The number of hydrogen-bond acceptors (Lipinski definition) is 4. The molecule has 0 aromatic carbocycles. The van der Waals surface area contributed by atoms with Crippen LogP contribution in [-0.2, 0) is 14.3 Å². The third-order valence-corrected chi connectivity index (χ3v) is 10.3. The number of aliphatic hydroxyl groups is 1. The molecule has 0 aromatic rings. The van der Waals surface area contributed by atoms with Gasteiger partial charge in [0.05, 0.1) is 13.2 Å². The lowest BCUT2D eigenvalue weighted by Gasteiger charge is -2.61. The van der Waals surface area contributed by atoms with E-state index in [9.17, 15) is 14.7 Å². The fourth-order valence-corrected chi connectivity index (χ4v) is 8.71.